The smallest absolute Gasteiger partial charge is 0.252 e. The van der Waals surface area contributed by atoms with Gasteiger partial charge in [-0.3, -0.25) is 9.69 Å². The molecular formula is C20H24ClN3O3S. The number of nitrogens with zero attached hydrogens (tertiary/aromatic N) is 1. The van der Waals surface area contributed by atoms with E-state index in [1.165, 1.54) is 36.4 Å². The van der Waals surface area contributed by atoms with E-state index < -0.39 is 10.0 Å². The Balaban J connectivity index is 1.65. The van der Waals surface area contributed by atoms with Gasteiger partial charge in [-0.2, -0.15) is 0 Å². The maximum atomic E-state index is 12.6. The van der Waals surface area contributed by atoms with Crippen molar-refractivity contribution in [1.29, 1.82) is 0 Å². The maximum Gasteiger partial charge on any atom is 0.252 e. The predicted molar refractivity (Wildman–Crippen MR) is 110 cm³/mol. The highest BCUT2D eigenvalue weighted by Gasteiger charge is 2.22. The van der Waals surface area contributed by atoms with Crippen LogP contribution in [0, 0.1) is 0 Å². The maximum absolute atomic E-state index is 12.6. The lowest BCUT2D eigenvalue weighted by Crippen LogP contribution is -2.44. The van der Waals surface area contributed by atoms with Gasteiger partial charge in [-0.25, -0.2) is 13.1 Å². The van der Waals surface area contributed by atoms with Gasteiger partial charge in [0.05, 0.1) is 15.5 Å². The molecule has 0 radical (unpaired) electrons. The Kier molecular flexibility index (Phi) is 6.40. The standard InChI is InChI=1S/C20H24ClN3O3S/c1-14(24-10-9-15-5-3-4-6-16(15)13-24)12-23-20(25)18-11-17(7-8-19(18)21)28(26,27)22-2/h3-8,11,14,22H,9-10,12-13H2,1-2H3,(H,23,25). The molecule has 1 unspecified atom stereocenters. The van der Waals surface area contributed by atoms with Crippen molar-refractivity contribution < 1.29 is 13.2 Å². The molecular weight excluding hydrogens is 398 g/mol. The van der Waals surface area contributed by atoms with E-state index in [2.05, 4.69) is 40.1 Å². The molecule has 150 valence electrons. The van der Waals surface area contributed by atoms with Crippen LogP contribution >= 0.6 is 11.6 Å². The number of fused-ring (bicyclic) bond motifs is 1. The molecule has 2 aromatic carbocycles. The Bertz CT molecular complexity index is 978. The monoisotopic (exact) mass is 421 g/mol. The first-order valence-electron chi connectivity index (χ1n) is 9.14. The number of hydrogen-bond acceptors (Lipinski definition) is 4. The summed E-state index contributed by atoms with van der Waals surface area (Å²) in [4.78, 5) is 14.9. The third kappa shape index (κ3) is 4.55. The first-order chi connectivity index (χ1) is 13.3. The fourth-order valence-corrected chi connectivity index (χ4v) is 4.28. The molecule has 1 heterocycles. The van der Waals surface area contributed by atoms with E-state index in [1.54, 1.807) is 0 Å². The van der Waals surface area contributed by atoms with Gasteiger partial charge in [0.15, 0.2) is 0 Å². The van der Waals surface area contributed by atoms with Crippen LogP contribution in [0.3, 0.4) is 0 Å². The summed E-state index contributed by atoms with van der Waals surface area (Å²) >= 11 is 6.12. The summed E-state index contributed by atoms with van der Waals surface area (Å²) in [6.07, 6.45) is 0.990. The van der Waals surface area contributed by atoms with Crippen molar-refractivity contribution in [2.75, 3.05) is 20.1 Å². The minimum Gasteiger partial charge on any atom is -0.350 e. The molecule has 1 amide bonds. The van der Waals surface area contributed by atoms with E-state index in [1.807, 2.05) is 6.07 Å². The minimum absolute atomic E-state index is 0.00485. The quantitative estimate of drug-likeness (QED) is 0.750. The Morgan fingerprint density at radius 3 is 2.64 bits per heavy atom. The molecule has 0 saturated heterocycles. The molecule has 3 rings (SSSR count). The van der Waals surface area contributed by atoms with E-state index in [0.29, 0.717) is 6.54 Å². The summed E-state index contributed by atoms with van der Waals surface area (Å²) in [6, 6.07) is 12.6. The van der Waals surface area contributed by atoms with E-state index in [4.69, 9.17) is 11.6 Å². The van der Waals surface area contributed by atoms with Crippen LogP contribution in [-0.4, -0.2) is 45.4 Å². The highest BCUT2D eigenvalue weighted by molar-refractivity contribution is 7.89. The van der Waals surface area contributed by atoms with Gasteiger partial charge in [0.2, 0.25) is 10.0 Å². The third-order valence-electron chi connectivity index (χ3n) is 5.10. The van der Waals surface area contributed by atoms with Crippen LogP contribution in [0.5, 0.6) is 0 Å². The molecule has 1 aliphatic rings. The molecule has 2 aromatic rings. The van der Waals surface area contributed by atoms with Crippen LogP contribution in [0.15, 0.2) is 47.4 Å². The van der Waals surface area contributed by atoms with Crippen LogP contribution in [0.25, 0.3) is 0 Å². The average Bonchev–Trinajstić information content (AvgIpc) is 2.71. The van der Waals surface area contributed by atoms with Crippen molar-refractivity contribution in [2.24, 2.45) is 0 Å². The van der Waals surface area contributed by atoms with Gasteiger partial charge in [-0.15, -0.1) is 0 Å². The van der Waals surface area contributed by atoms with Gasteiger partial charge in [0.1, 0.15) is 0 Å². The average molecular weight is 422 g/mol. The van der Waals surface area contributed by atoms with Crippen LogP contribution in [0.2, 0.25) is 5.02 Å². The highest BCUT2D eigenvalue weighted by Crippen LogP contribution is 2.22. The number of carbonyl (C=O) groups excluding carboxylic acids is 1. The molecule has 0 spiro atoms. The number of rotatable bonds is 6. The van der Waals surface area contributed by atoms with Gasteiger partial charge in [0.25, 0.3) is 5.91 Å². The lowest BCUT2D eigenvalue weighted by Gasteiger charge is -2.33. The summed E-state index contributed by atoms with van der Waals surface area (Å²) in [5, 5.41) is 3.09. The molecule has 0 aliphatic carbocycles. The number of carbonyl (C=O) groups is 1. The first-order valence-corrected chi connectivity index (χ1v) is 11.0. The van der Waals surface area contributed by atoms with E-state index in [0.717, 1.165) is 19.5 Å². The Morgan fingerprint density at radius 2 is 1.93 bits per heavy atom. The van der Waals surface area contributed by atoms with E-state index in [-0.39, 0.29) is 27.4 Å². The summed E-state index contributed by atoms with van der Waals surface area (Å²) < 4.78 is 26.2. The summed E-state index contributed by atoms with van der Waals surface area (Å²) in [5.41, 5.74) is 2.85. The Hall–Kier alpha value is -1.93. The molecule has 0 bridgehead atoms. The molecule has 0 fully saturated rings. The van der Waals surface area contributed by atoms with Crippen molar-refractivity contribution in [3.63, 3.8) is 0 Å². The number of benzene rings is 2. The molecule has 1 atom stereocenters. The fraction of sp³-hybridized carbons (Fsp3) is 0.350. The lowest BCUT2D eigenvalue weighted by molar-refractivity contribution is 0.0932. The predicted octanol–water partition coefficient (Wildman–Crippen LogP) is 2.42. The second-order valence-electron chi connectivity index (χ2n) is 6.90. The third-order valence-corrected chi connectivity index (χ3v) is 6.84. The minimum atomic E-state index is -3.64. The van der Waals surface area contributed by atoms with Crippen molar-refractivity contribution in [3.8, 4) is 0 Å². The number of sulfonamides is 1. The topological polar surface area (TPSA) is 78.5 Å². The number of amides is 1. The fourth-order valence-electron chi connectivity index (χ4n) is 3.32. The lowest BCUT2D eigenvalue weighted by atomic mass is 9.99. The molecule has 28 heavy (non-hydrogen) atoms. The molecule has 2 N–H and O–H groups in total. The molecule has 0 aromatic heterocycles. The zero-order valence-corrected chi connectivity index (χ0v) is 17.5. The largest absolute Gasteiger partial charge is 0.350 e. The van der Waals surface area contributed by atoms with Crippen molar-refractivity contribution >= 4 is 27.5 Å². The molecule has 1 aliphatic heterocycles. The van der Waals surface area contributed by atoms with Crippen molar-refractivity contribution in [1.82, 2.24) is 14.9 Å². The van der Waals surface area contributed by atoms with Gasteiger partial charge >= 0.3 is 0 Å². The second-order valence-corrected chi connectivity index (χ2v) is 9.19. The molecule has 6 nitrogen and oxygen atoms in total. The Morgan fingerprint density at radius 1 is 1.21 bits per heavy atom. The van der Waals surface area contributed by atoms with Gasteiger partial charge < -0.3 is 5.32 Å². The highest BCUT2D eigenvalue weighted by atomic mass is 35.5. The van der Waals surface area contributed by atoms with Crippen molar-refractivity contribution in [3.05, 3.63) is 64.2 Å². The van der Waals surface area contributed by atoms with E-state index in [9.17, 15) is 13.2 Å². The van der Waals surface area contributed by atoms with Crippen molar-refractivity contribution in [2.45, 2.75) is 30.8 Å². The second kappa shape index (κ2) is 8.61. The van der Waals surface area contributed by atoms with Gasteiger partial charge in [0, 0.05) is 25.7 Å². The first kappa shape index (κ1) is 20.8. The zero-order chi connectivity index (χ0) is 20.3. The Labute approximate surface area is 170 Å². The summed E-state index contributed by atoms with van der Waals surface area (Å²) in [7, 11) is -2.32. The van der Waals surface area contributed by atoms with Crippen LogP contribution < -0.4 is 10.0 Å². The molecule has 0 saturated carbocycles. The van der Waals surface area contributed by atoms with Crippen LogP contribution in [0.4, 0.5) is 0 Å². The SMILES string of the molecule is CNS(=O)(=O)c1ccc(Cl)c(C(=O)NCC(C)N2CCc3ccccc3C2)c1. The number of hydrogen-bond donors (Lipinski definition) is 2. The van der Waals surface area contributed by atoms with Gasteiger partial charge in [-0.05, 0) is 49.7 Å². The van der Waals surface area contributed by atoms with Crippen LogP contribution in [-0.2, 0) is 23.0 Å². The number of nitrogens with one attached hydrogen (secondary N) is 2. The van der Waals surface area contributed by atoms with E-state index >= 15 is 0 Å². The summed E-state index contributed by atoms with van der Waals surface area (Å²) in [5.74, 6) is -0.387. The number of halogens is 1. The normalized spacial score (nSPS) is 15.7. The van der Waals surface area contributed by atoms with Crippen LogP contribution in [0.1, 0.15) is 28.4 Å². The van der Waals surface area contributed by atoms with Gasteiger partial charge in [-0.1, -0.05) is 35.9 Å². The summed E-state index contributed by atoms with van der Waals surface area (Å²) in [6.45, 7) is 4.30. The molecule has 8 heteroatoms. The zero-order valence-electron chi connectivity index (χ0n) is 15.9.